The topological polar surface area (TPSA) is 61.8 Å². The normalized spacial score (nSPS) is 10.5. The molecule has 3 rings (SSSR count). The number of benzene rings is 1. The van der Waals surface area contributed by atoms with Crippen molar-refractivity contribution < 1.29 is 5.11 Å². The van der Waals surface area contributed by atoms with Crippen LogP contribution in [0.4, 0.5) is 0 Å². The molecule has 0 aliphatic rings. The molecular formula is C17H13N3O. The minimum absolute atomic E-state index is 0.195. The number of hydrogen-bond donors (Lipinski definition) is 1. The molecule has 0 saturated heterocycles. The number of aromatic nitrogens is 2. The number of nitrogens with zero attached hydrogens (tertiary/aromatic N) is 3. The maximum absolute atomic E-state index is 9.50. The van der Waals surface area contributed by atoms with Gasteiger partial charge in [-0.15, -0.1) is 0 Å². The van der Waals surface area contributed by atoms with E-state index in [1.165, 1.54) is 0 Å². The second-order valence-corrected chi connectivity index (χ2v) is 4.84. The molecule has 21 heavy (non-hydrogen) atoms. The molecule has 2 aromatic heterocycles. The number of phenols is 1. The molecule has 0 atom stereocenters. The summed E-state index contributed by atoms with van der Waals surface area (Å²) < 4.78 is 1.90. The van der Waals surface area contributed by atoms with Gasteiger partial charge in [0.1, 0.15) is 17.5 Å². The Morgan fingerprint density at radius 3 is 2.62 bits per heavy atom. The van der Waals surface area contributed by atoms with Gasteiger partial charge in [0, 0.05) is 17.3 Å². The van der Waals surface area contributed by atoms with Crippen molar-refractivity contribution in [1.82, 2.24) is 9.55 Å². The number of fused-ring (bicyclic) bond motifs is 1. The van der Waals surface area contributed by atoms with Crippen molar-refractivity contribution in [2.24, 2.45) is 0 Å². The molecular weight excluding hydrogens is 262 g/mol. The Hall–Kier alpha value is -3.06. The van der Waals surface area contributed by atoms with Gasteiger partial charge in [-0.3, -0.25) is 4.57 Å². The van der Waals surface area contributed by atoms with Crippen LogP contribution in [0.3, 0.4) is 0 Å². The molecule has 0 radical (unpaired) electrons. The summed E-state index contributed by atoms with van der Waals surface area (Å²) >= 11 is 0. The van der Waals surface area contributed by atoms with Crippen LogP contribution in [0.5, 0.6) is 5.75 Å². The monoisotopic (exact) mass is 275 g/mol. The third kappa shape index (κ3) is 1.96. The lowest BCUT2D eigenvalue weighted by molar-refractivity contribution is 0.475. The number of allylic oxidation sites excluding steroid dienone is 1. The highest BCUT2D eigenvalue weighted by atomic mass is 16.3. The third-order valence-corrected chi connectivity index (χ3v) is 3.35. The maximum atomic E-state index is 9.50. The van der Waals surface area contributed by atoms with Gasteiger partial charge in [0.15, 0.2) is 0 Å². The Morgan fingerprint density at radius 2 is 2.00 bits per heavy atom. The predicted molar refractivity (Wildman–Crippen MR) is 82.2 cm³/mol. The molecule has 0 amide bonds. The first-order chi connectivity index (χ1) is 10.1. The van der Waals surface area contributed by atoms with Gasteiger partial charge in [0.05, 0.1) is 11.3 Å². The number of nitriles is 1. The molecule has 3 aromatic rings. The SMILES string of the molecule is C=C(C)c1c(C#N)c2cccnc2n1-c1ccc(O)cc1. The zero-order valence-electron chi connectivity index (χ0n) is 11.5. The molecule has 0 saturated carbocycles. The van der Waals surface area contributed by atoms with E-state index in [1.54, 1.807) is 30.5 Å². The highest BCUT2D eigenvalue weighted by Gasteiger charge is 2.19. The Balaban J connectivity index is 2.46. The van der Waals surface area contributed by atoms with E-state index < -0.39 is 0 Å². The van der Waals surface area contributed by atoms with Crippen LogP contribution in [-0.4, -0.2) is 14.7 Å². The second kappa shape index (κ2) is 4.80. The van der Waals surface area contributed by atoms with E-state index in [1.807, 2.05) is 23.6 Å². The minimum Gasteiger partial charge on any atom is -0.508 e. The van der Waals surface area contributed by atoms with Crippen molar-refractivity contribution in [3.63, 3.8) is 0 Å². The van der Waals surface area contributed by atoms with Crippen LogP contribution in [0.25, 0.3) is 22.3 Å². The van der Waals surface area contributed by atoms with E-state index in [0.717, 1.165) is 22.3 Å². The first-order valence-electron chi connectivity index (χ1n) is 6.48. The van der Waals surface area contributed by atoms with E-state index in [-0.39, 0.29) is 5.75 Å². The fourth-order valence-corrected chi connectivity index (χ4v) is 2.49. The number of pyridine rings is 1. The molecule has 0 bridgehead atoms. The van der Waals surface area contributed by atoms with Crippen LogP contribution in [0.15, 0.2) is 49.2 Å². The first kappa shape index (κ1) is 12.9. The Bertz CT molecular complexity index is 883. The summed E-state index contributed by atoms with van der Waals surface area (Å²) in [6.07, 6.45) is 1.70. The molecule has 2 heterocycles. The molecule has 0 aliphatic heterocycles. The van der Waals surface area contributed by atoms with Crippen molar-refractivity contribution in [3.8, 4) is 17.5 Å². The van der Waals surface area contributed by atoms with Gasteiger partial charge >= 0.3 is 0 Å². The number of hydrogen-bond acceptors (Lipinski definition) is 3. The lowest BCUT2D eigenvalue weighted by atomic mass is 10.1. The summed E-state index contributed by atoms with van der Waals surface area (Å²) in [5.74, 6) is 0.195. The van der Waals surface area contributed by atoms with E-state index >= 15 is 0 Å². The smallest absolute Gasteiger partial charge is 0.146 e. The highest BCUT2D eigenvalue weighted by Crippen LogP contribution is 2.31. The lowest BCUT2D eigenvalue weighted by Crippen LogP contribution is -2.00. The van der Waals surface area contributed by atoms with Gasteiger partial charge in [-0.2, -0.15) is 5.26 Å². The number of phenolic OH excluding ortho intramolecular Hbond substituents is 1. The van der Waals surface area contributed by atoms with Crippen molar-refractivity contribution in [2.45, 2.75) is 6.92 Å². The van der Waals surface area contributed by atoms with Crippen molar-refractivity contribution in [2.75, 3.05) is 0 Å². The average Bonchev–Trinajstić information content (AvgIpc) is 2.82. The zero-order valence-corrected chi connectivity index (χ0v) is 11.5. The van der Waals surface area contributed by atoms with E-state index in [2.05, 4.69) is 17.6 Å². The molecule has 4 heteroatoms. The largest absolute Gasteiger partial charge is 0.508 e. The molecule has 0 aliphatic carbocycles. The highest BCUT2D eigenvalue weighted by molar-refractivity contribution is 5.91. The molecule has 0 unspecified atom stereocenters. The first-order valence-corrected chi connectivity index (χ1v) is 6.48. The van der Waals surface area contributed by atoms with Crippen LogP contribution in [0, 0.1) is 11.3 Å². The van der Waals surface area contributed by atoms with Crippen LogP contribution in [0.1, 0.15) is 18.2 Å². The zero-order chi connectivity index (χ0) is 15.0. The molecule has 102 valence electrons. The van der Waals surface area contributed by atoms with E-state index in [4.69, 9.17) is 0 Å². The fourth-order valence-electron chi connectivity index (χ4n) is 2.49. The van der Waals surface area contributed by atoms with Crippen LogP contribution in [0.2, 0.25) is 0 Å². The van der Waals surface area contributed by atoms with Crippen molar-refractivity contribution >= 4 is 16.6 Å². The standard InChI is InChI=1S/C17H13N3O/c1-11(2)16-15(10-18)14-4-3-9-19-17(14)20(16)12-5-7-13(21)8-6-12/h3-9,21H,1H2,2H3. The van der Waals surface area contributed by atoms with Gasteiger partial charge < -0.3 is 5.11 Å². The van der Waals surface area contributed by atoms with Gasteiger partial charge in [-0.05, 0) is 48.9 Å². The van der Waals surface area contributed by atoms with Gasteiger partial charge in [-0.25, -0.2) is 4.98 Å². The fraction of sp³-hybridized carbons (Fsp3) is 0.0588. The van der Waals surface area contributed by atoms with E-state index in [0.29, 0.717) is 11.2 Å². The molecule has 4 nitrogen and oxygen atoms in total. The maximum Gasteiger partial charge on any atom is 0.146 e. The average molecular weight is 275 g/mol. The third-order valence-electron chi connectivity index (χ3n) is 3.35. The molecule has 1 N–H and O–H groups in total. The summed E-state index contributed by atoms with van der Waals surface area (Å²) in [5.41, 5.74) is 3.64. The van der Waals surface area contributed by atoms with Crippen LogP contribution >= 0.6 is 0 Å². The van der Waals surface area contributed by atoms with Crippen LogP contribution in [-0.2, 0) is 0 Å². The predicted octanol–water partition coefficient (Wildman–Crippen LogP) is 3.64. The van der Waals surface area contributed by atoms with Crippen molar-refractivity contribution in [1.29, 1.82) is 5.26 Å². The van der Waals surface area contributed by atoms with Crippen molar-refractivity contribution in [3.05, 3.63) is 60.4 Å². The Morgan fingerprint density at radius 1 is 1.29 bits per heavy atom. The number of rotatable bonds is 2. The summed E-state index contributed by atoms with van der Waals surface area (Å²) in [6.45, 7) is 5.85. The summed E-state index contributed by atoms with van der Waals surface area (Å²) in [4.78, 5) is 4.40. The van der Waals surface area contributed by atoms with E-state index in [9.17, 15) is 10.4 Å². The summed E-state index contributed by atoms with van der Waals surface area (Å²) in [5, 5.41) is 19.7. The molecule has 0 spiro atoms. The lowest BCUT2D eigenvalue weighted by Gasteiger charge is -2.10. The Kier molecular flexibility index (Phi) is 2.96. The van der Waals surface area contributed by atoms with Gasteiger partial charge in [-0.1, -0.05) is 6.58 Å². The molecule has 1 aromatic carbocycles. The Labute approximate surface area is 122 Å². The quantitative estimate of drug-likeness (QED) is 0.776. The minimum atomic E-state index is 0.195. The number of aromatic hydroxyl groups is 1. The summed E-state index contributed by atoms with van der Waals surface area (Å²) in [6, 6.07) is 12.7. The molecule has 0 fully saturated rings. The van der Waals surface area contributed by atoms with Gasteiger partial charge in [0.2, 0.25) is 0 Å². The van der Waals surface area contributed by atoms with Gasteiger partial charge in [0.25, 0.3) is 0 Å². The summed E-state index contributed by atoms with van der Waals surface area (Å²) in [7, 11) is 0. The van der Waals surface area contributed by atoms with Crippen LogP contribution < -0.4 is 0 Å². The second-order valence-electron chi connectivity index (χ2n) is 4.84.